The lowest BCUT2D eigenvalue weighted by Crippen LogP contribution is -2.37. The van der Waals surface area contributed by atoms with E-state index in [0.717, 1.165) is 4.47 Å². The molecule has 0 amide bonds. The molecule has 4 aromatic carbocycles. The second kappa shape index (κ2) is 9.14. The smallest absolute Gasteiger partial charge is 0.0548 e. The maximum Gasteiger partial charge on any atom is 0.0548 e. The highest BCUT2D eigenvalue weighted by molar-refractivity contribution is 9.10. The van der Waals surface area contributed by atoms with E-state index < -0.39 is 0 Å². The number of hydrogen-bond donors (Lipinski definition) is 0. The molecule has 0 unspecified atom stereocenters. The van der Waals surface area contributed by atoms with Gasteiger partial charge in [0.15, 0.2) is 0 Å². The van der Waals surface area contributed by atoms with Crippen molar-refractivity contribution in [2.24, 2.45) is 5.92 Å². The summed E-state index contributed by atoms with van der Waals surface area (Å²) in [5, 5.41) is 0. The Morgan fingerprint density at radius 3 is 1.28 bits per heavy atom. The third kappa shape index (κ3) is 3.78. The van der Waals surface area contributed by atoms with Crippen LogP contribution in [0.3, 0.4) is 0 Å². The van der Waals surface area contributed by atoms with Gasteiger partial charge >= 0.3 is 0 Å². The fourth-order valence-electron chi connectivity index (χ4n) is 4.98. The Labute approximate surface area is 199 Å². The van der Waals surface area contributed by atoms with Gasteiger partial charge in [0, 0.05) is 16.3 Å². The number of allylic oxidation sites excluding steroid dienone is 4. The molecule has 0 bridgehead atoms. The highest BCUT2D eigenvalue weighted by Gasteiger charge is 2.42. The van der Waals surface area contributed by atoms with Crippen molar-refractivity contribution in [2.45, 2.75) is 11.3 Å². The van der Waals surface area contributed by atoms with Crippen LogP contribution < -0.4 is 0 Å². The average molecular weight is 477 g/mol. The molecule has 0 atom stereocenters. The monoisotopic (exact) mass is 476 g/mol. The van der Waals surface area contributed by atoms with Crippen molar-refractivity contribution in [3.63, 3.8) is 0 Å². The number of halogens is 1. The number of benzene rings is 4. The van der Waals surface area contributed by atoms with Crippen LogP contribution in [-0.4, -0.2) is 0 Å². The van der Waals surface area contributed by atoms with E-state index in [1.807, 2.05) is 0 Å². The first kappa shape index (κ1) is 20.7. The minimum atomic E-state index is -0.304. The topological polar surface area (TPSA) is 0 Å². The summed E-state index contributed by atoms with van der Waals surface area (Å²) in [6, 6.07) is 41.4. The molecule has 0 saturated carbocycles. The molecule has 5 rings (SSSR count). The predicted molar refractivity (Wildman–Crippen MR) is 138 cm³/mol. The van der Waals surface area contributed by atoms with Gasteiger partial charge in [-0.1, -0.05) is 143 Å². The second-order valence-electron chi connectivity index (χ2n) is 8.28. The van der Waals surface area contributed by atoms with Crippen molar-refractivity contribution < 1.29 is 0 Å². The van der Waals surface area contributed by atoms with Crippen LogP contribution in [0.2, 0.25) is 0 Å². The predicted octanol–water partition coefficient (Wildman–Crippen LogP) is 8.31. The van der Waals surface area contributed by atoms with Gasteiger partial charge < -0.3 is 0 Å². The minimum absolute atomic E-state index is 0.196. The van der Waals surface area contributed by atoms with Crippen molar-refractivity contribution in [3.8, 4) is 0 Å². The van der Waals surface area contributed by atoms with E-state index in [0.29, 0.717) is 5.92 Å². The van der Waals surface area contributed by atoms with Crippen LogP contribution in [-0.2, 0) is 5.41 Å². The lowest BCUT2D eigenvalue weighted by atomic mass is 9.60. The summed E-state index contributed by atoms with van der Waals surface area (Å²) in [5.74, 6) is 0.487. The molecule has 1 aliphatic carbocycles. The maximum atomic E-state index is 3.55. The fourth-order valence-corrected chi connectivity index (χ4v) is 5.25. The Hall–Kier alpha value is -3.16. The van der Waals surface area contributed by atoms with Crippen molar-refractivity contribution >= 4 is 15.9 Å². The first-order valence-electron chi connectivity index (χ1n) is 11.1. The average Bonchev–Trinajstić information content (AvgIpc) is 2.88. The van der Waals surface area contributed by atoms with Crippen LogP contribution >= 0.6 is 15.9 Å². The Bertz CT molecular complexity index is 1100. The zero-order chi connectivity index (χ0) is 21.8. The van der Waals surface area contributed by atoms with Crippen molar-refractivity contribution in [2.75, 3.05) is 0 Å². The molecule has 1 aliphatic rings. The van der Waals surface area contributed by atoms with E-state index in [1.54, 1.807) is 0 Å². The third-order valence-corrected chi connectivity index (χ3v) is 7.02. The molecular weight excluding hydrogens is 452 g/mol. The molecule has 32 heavy (non-hydrogen) atoms. The molecule has 0 spiro atoms. The Morgan fingerprint density at radius 1 is 0.469 bits per heavy atom. The molecular formula is C31H25Br. The molecule has 0 aromatic heterocycles. The van der Waals surface area contributed by atoms with Gasteiger partial charge in [0.05, 0.1) is 5.41 Å². The van der Waals surface area contributed by atoms with Crippen LogP contribution in [0.15, 0.2) is 144 Å². The van der Waals surface area contributed by atoms with Crippen molar-refractivity contribution in [1.82, 2.24) is 0 Å². The van der Waals surface area contributed by atoms with Crippen molar-refractivity contribution in [3.05, 3.63) is 166 Å². The van der Waals surface area contributed by atoms with Gasteiger partial charge in [-0.25, -0.2) is 0 Å². The largest absolute Gasteiger partial charge is 0.0791 e. The zero-order valence-electron chi connectivity index (χ0n) is 17.8. The summed E-state index contributed by atoms with van der Waals surface area (Å²) in [6.07, 6.45) is 9.52. The van der Waals surface area contributed by atoms with Gasteiger partial charge in [-0.05, 0) is 34.4 Å². The molecule has 0 fully saturated rings. The summed E-state index contributed by atoms with van der Waals surface area (Å²) >= 11 is 3.55. The van der Waals surface area contributed by atoms with Gasteiger partial charge in [0.1, 0.15) is 0 Å². The minimum Gasteiger partial charge on any atom is -0.0791 e. The van der Waals surface area contributed by atoms with Crippen LogP contribution in [0.5, 0.6) is 0 Å². The fraction of sp³-hybridized carbons (Fsp3) is 0.0968. The summed E-state index contributed by atoms with van der Waals surface area (Å²) in [5.41, 5.74) is 4.92. The van der Waals surface area contributed by atoms with E-state index in [-0.39, 0.29) is 11.3 Å². The van der Waals surface area contributed by atoms with Gasteiger partial charge in [-0.15, -0.1) is 0 Å². The molecule has 156 valence electrons. The summed E-state index contributed by atoms with van der Waals surface area (Å²) in [7, 11) is 0. The van der Waals surface area contributed by atoms with Crippen molar-refractivity contribution in [1.29, 1.82) is 0 Å². The van der Waals surface area contributed by atoms with E-state index in [2.05, 4.69) is 155 Å². The second-order valence-corrected chi connectivity index (χ2v) is 9.19. The van der Waals surface area contributed by atoms with E-state index in [4.69, 9.17) is 0 Å². The van der Waals surface area contributed by atoms with E-state index in [1.165, 1.54) is 22.3 Å². The summed E-state index contributed by atoms with van der Waals surface area (Å²) in [6.45, 7) is 0. The SMILES string of the molecule is Brc1ccc(C2C=CC(C(c3ccccc3)(c3ccccc3)c3ccccc3)C=C2)cc1. The van der Waals surface area contributed by atoms with Gasteiger partial charge in [0.2, 0.25) is 0 Å². The quantitative estimate of drug-likeness (QED) is 0.200. The Balaban J connectivity index is 1.67. The molecule has 0 nitrogen and oxygen atoms in total. The molecule has 0 aliphatic heterocycles. The first-order chi connectivity index (χ1) is 15.8. The molecule has 0 heterocycles. The first-order valence-corrected chi connectivity index (χ1v) is 11.9. The van der Waals surface area contributed by atoms with Crippen LogP contribution in [0.1, 0.15) is 28.2 Å². The molecule has 1 heteroatoms. The van der Waals surface area contributed by atoms with Gasteiger partial charge in [-0.3, -0.25) is 0 Å². The highest BCUT2D eigenvalue weighted by Crippen LogP contribution is 2.48. The summed E-state index contributed by atoms with van der Waals surface area (Å²) in [4.78, 5) is 0. The van der Waals surface area contributed by atoms with E-state index >= 15 is 0 Å². The normalized spacial score (nSPS) is 17.9. The zero-order valence-corrected chi connectivity index (χ0v) is 19.4. The summed E-state index contributed by atoms with van der Waals surface area (Å²) < 4.78 is 1.11. The maximum absolute atomic E-state index is 3.55. The molecule has 0 saturated heterocycles. The van der Waals surface area contributed by atoms with Crippen LogP contribution in [0, 0.1) is 5.92 Å². The highest BCUT2D eigenvalue weighted by atomic mass is 79.9. The number of rotatable bonds is 5. The lowest BCUT2D eigenvalue weighted by molar-refractivity contribution is 0.517. The van der Waals surface area contributed by atoms with E-state index in [9.17, 15) is 0 Å². The molecule has 4 aromatic rings. The lowest BCUT2D eigenvalue weighted by Gasteiger charge is -2.41. The van der Waals surface area contributed by atoms with Crippen LogP contribution in [0.4, 0.5) is 0 Å². The van der Waals surface area contributed by atoms with Gasteiger partial charge in [-0.2, -0.15) is 0 Å². The number of hydrogen-bond acceptors (Lipinski definition) is 0. The van der Waals surface area contributed by atoms with Crippen LogP contribution in [0.25, 0.3) is 0 Å². The molecule has 0 radical (unpaired) electrons. The Morgan fingerprint density at radius 2 is 0.875 bits per heavy atom. The van der Waals surface area contributed by atoms with Gasteiger partial charge in [0.25, 0.3) is 0 Å². The third-order valence-electron chi connectivity index (χ3n) is 6.49. The Kier molecular flexibility index (Phi) is 5.92. The standard InChI is InChI=1S/C31H25Br/c32-30-22-18-25(19-23-30)24-16-20-29(21-17-24)31(26-10-4-1-5-11-26,27-12-6-2-7-13-27)28-14-8-3-9-15-28/h1-24,29H. The molecule has 0 N–H and O–H groups in total.